The van der Waals surface area contributed by atoms with Gasteiger partial charge in [-0.05, 0) is 37.3 Å². The molecule has 1 N–H and O–H groups in total. The van der Waals surface area contributed by atoms with Gasteiger partial charge in [0.1, 0.15) is 0 Å². The van der Waals surface area contributed by atoms with Crippen molar-refractivity contribution in [2.24, 2.45) is 0 Å². The highest BCUT2D eigenvalue weighted by Gasteiger charge is 2.00. The van der Waals surface area contributed by atoms with Gasteiger partial charge < -0.3 is 10.1 Å². The maximum absolute atomic E-state index is 6.02. The second-order valence-corrected chi connectivity index (χ2v) is 5.15. The normalized spacial score (nSPS) is 10.9. The smallest absolute Gasteiger partial charge is 0.0587 e. The van der Waals surface area contributed by atoms with Crippen LogP contribution in [0.15, 0.2) is 11.4 Å². The molecule has 0 aromatic carbocycles. The van der Waals surface area contributed by atoms with Gasteiger partial charge in [-0.2, -0.15) is 0 Å². The maximum atomic E-state index is 6.02. The number of methoxy groups -OCH3 is 1. The van der Waals surface area contributed by atoms with Gasteiger partial charge in [0.2, 0.25) is 0 Å². The molecule has 2 nitrogen and oxygen atoms in total. The molecule has 0 unspecified atom stereocenters. The van der Waals surface area contributed by atoms with Gasteiger partial charge >= 0.3 is 0 Å². The van der Waals surface area contributed by atoms with Gasteiger partial charge in [0.25, 0.3) is 0 Å². The Bertz CT molecular complexity index is 278. The minimum atomic E-state index is 0.796. The highest BCUT2D eigenvalue weighted by molar-refractivity contribution is 7.10. The number of unbranched alkanes of at least 4 members (excludes halogenated alkanes) is 2. The van der Waals surface area contributed by atoms with Crippen LogP contribution in [0.5, 0.6) is 0 Å². The zero-order valence-electron chi connectivity index (χ0n) is 9.80. The summed E-state index contributed by atoms with van der Waals surface area (Å²) in [6.07, 6.45) is 4.84. The molecule has 0 bridgehead atoms. The highest BCUT2D eigenvalue weighted by Crippen LogP contribution is 2.23. The molecular formula is C12H20ClNOS. The molecule has 0 aliphatic rings. The lowest BCUT2D eigenvalue weighted by Crippen LogP contribution is -2.20. The number of hydrogen-bond donors (Lipinski definition) is 1. The lowest BCUT2D eigenvalue weighted by Gasteiger charge is -2.03. The van der Waals surface area contributed by atoms with Gasteiger partial charge in [0.15, 0.2) is 0 Å². The van der Waals surface area contributed by atoms with E-state index in [0.717, 1.165) is 31.1 Å². The number of hydrogen-bond acceptors (Lipinski definition) is 3. The zero-order valence-corrected chi connectivity index (χ0v) is 11.4. The van der Waals surface area contributed by atoms with Crippen molar-refractivity contribution < 1.29 is 4.74 Å². The van der Waals surface area contributed by atoms with Crippen LogP contribution in [0.2, 0.25) is 5.02 Å². The first-order valence-corrected chi connectivity index (χ1v) is 7.02. The summed E-state index contributed by atoms with van der Waals surface area (Å²) in [5, 5.41) is 6.34. The number of thiophene rings is 1. The maximum Gasteiger partial charge on any atom is 0.0587 e. The number of rotatable bonds is 9. The fourth-order valence-electron chi connectivity index (χ4n) is 1.52. The first kappa shape index (κ1) is 14.0. The Morgan fingerprint density at radius 3 is 2.88 bits per heavy atom. The predicted molar refractivity (Wildman–Crippen MR) is 71.6 cm³/mol. The van der Waals surface area contributed by atoms with Crippen LogP contribution < -0.4 is 5.32 Å². The van der Waals surface area contributed by atoms with Gasteiger partial charge in [0, 0.05) is 18.5 Å². The summed E-state index contributed by atoms with van der Waals surface area (Å²) in [6, 6.07) is 1.98. The van der Waals surface area contributed by atoms with E-state index >= 15 is 0 Å². The molecule has 0 aliphatic heterocycles. The molecule has 0 fully saturated rings. The van der Waals surface area contributed by atoms with Gasteiger partial charge in [-0.3, -0.25) is 0 Å². The van der Waals surface area contributed by atoms with Gasteiger partial charge in [-0.25, -0.2) is 0 Å². The third-order valence-electron chi connectivity index (χ3n) is 2.43. The minimum absolute atomic E-state index is 0.796. The van der Waals surface area contributed by atoms with E-state index in [1.807, 2.05) is 6.07 Å². The first-order valence-electron chi connectivity index (χ1n) is 5.76. The number of nitrogens with one attached hydrogen (secondary N) is 1. The SMILES string of the molecule is COCCNCCCCCc1sccc1Cl. The molecule has 1 aromatic rings. The summed E-state index contributed by atoms with van der Waals surface area (Å²) < 4.78 is 4.96. The molecule has 92 valence electrons. The average molecular weight is 262 g/mol. The molecule has 0 radical (unpaired) electrons. The number of aryl methyl sites for hydroxylation is 1. The van der Waals surface area contributed by atoms with E-state index in [1.54, 1.807) is 18.4 Å². The third kappa shape index (κ3) is 5.85. The van der Waals surface area contributed by atoms with Crippen molar-refractivity contribution in [3.8, 4) is 0 Å². The first-order chi connectivity index (χ1) is 7.84. The molecule has 1 heterocycles. The molecule has 0 amide bonds. The summed E-state index contributed by atoms with van der Waals surface area (Å²) in [5.74, 6) is 0. The summed E-state index contributed by atoms with van der Waals surface area (Å²) in [7, 11) is 1.73. The molecule has 0 spiro atoms. The van der Waals surface area contributed by atoms with Crippen molar-refractivity contribution in [3.63, 3.8) is 0 Å². The quantitative estimate of drug-likeness (QED) is 0.689. The van der Waals surface area contributed by atoms with Crippen LogP contribution in [0.3, 0.4) is 0 Å². The monoisotopic (exact) mass is 261 g/mol. The summed E-state index contributed by atoms with van der Waals surface area (Å²) in [5.41, 5.74) is 0. The van der Waals surface area contributed by atoms with Crippen molar-refractivity contribution in [1.29, 1.82) is 0 Å². The third-order valence-corrected chi connectivity index (χ3v) is 3.88. The van der Waals surface area contributed by atoms with E-state index in [4.69, 9.17) is 16.3 Å². The van der Waals surface area contributed by atoms with E-state index < -0.39 is 0 Å². The van der Waals surface area contributed by atoms with E-state index in [-0.39, 0.29) is 0 Å². The fraction of sp³-hybridized carbons (Fsp3) is 0.667. The Balaban J connectivity index is 1.91. The predicted octanol–water partition coefficient (Wildman–Crippen LogP) is 3.35. The van der Waals surface area contributed by atoms with Crippen LogP contribution in [0.1, 0.15) is 24.1 Å². The van der Waals surface area contributed by atoms with E-state index in [0.29, 0.717) is 0 Å². The van der Waals surface area contributed by atoms with E-state index in [1.165, 1.54) is 24.1 Å². The summed E-state index contributed by atoms with van der Waals surface area (Å²) in [6.45, 7) is 2.83. The molecule has 0 saturated heterocycles. The summed E-state index contributed by atoms with van der Waals surface area (Å²) in [4.78, 5) is 1.33. The molecule has 1 aromatic heterocycles. The Morgan fingerprint density at radius 2 is 2.19 bits per heavy atom. The molecule has 16 heavy (non-hydrogen) atoms. The molecule has 1 rings (SSSR count). The lowest BCUT2D eigenvalue weighted by atomic mass is 10.2. The van der Waals surface area contributed by atoms with Gasteiger partial charge in [-0.15, -0.1) is 11.3 Å². The topological polar surface area (TPSA) is 21.3 Å². The Hall–Kier alpha value is -0.0900. The van der Waals surface area contributed by atoms with Crippen molar-refractivity contribution >= 4 is 22.9 Å². The Kier molecular flexibility index (Phi) is 7.85. The van der Waals surface area contributed by atoms with Gasteiger partial charge in [-0.1, -0.05) is 18.0 Å². The van der Waals surface area contributed by atoms with Crippen molar-refractivity contribution in [1.82, 2.24) is 5.32 Å². The largest absolute Gasteiger partial charge is 0.383 e. The highest BCUT2D eigenvalue weighted by atomic mass is 35.5. The molecular weight excluding hydrogens is 242 g/mol. The summed E-state index contributed by atoms with van der Waals surface area (Å²) >= 11 is 7.78. The van der Waals surface area contributed by atoms with E-state index in [2.05, 4.69) is 10.7 Å². The van der Waals surface area contributed by atoms with Crippen LogP contribution >= 0.6 is 22.9 Å². The fourth-order valence-corrected chi connectivity index (χ4v) is 2.69. The van der Waals surface area contributed by atoms with E-state index in [9.17, 15) is 0 Å². The lowest BCUT2D eigenvalue weighted by molar-refractivity contribution is 0.199. The second-order valence-electron chi connectivity index (χ2n) is 3.75. The molecule has 0 atom stereocenters. The average Bonchev–Trinajstić information content (AvgIpc) is 2.68. The van der Waals surface area contributed by atoms with Crippen LogP contribution in [-0.2, 0) is 11.2 Å². The molecule has 0 aliphatic carbocycles. The van der Waals surface area contributed by atoms with Crippen molar-refractivity contribution in [2.75, 3.05) is 26.8 Å². The number of ether oxygens (including phenoxy) is 1. The van der Waals surface area contributed by atoms with Crippen LogP contribution in [0.25, 0.3) is 0 Å². The van der Waals surface area contributed by atoms with Crippen LogP contribution in [0.4, 0.5) is 0 Å². The van der Waals surface area contributed by atoms with Crippen molar-refractivity contribution in [2.45, 2.75) is 25.7 Å². The molecule has 4 heteroatoms. The standard InChI is InChI=1S/C12H20ClNOS/c1-15-9-8-14-7-4-2-3-5-12-11(13)6-10-16-12/h6,10,14H,2-5,7-9H2,1H3. The van der Waals surface area contributed by atoms with Crippen LogP contribution in [-0.4, -0.2) is 26.8 Å². The Morgan fingerprint density at radius 1 is 1.31 bits per heavy atom. The molecule has 0 saturated carbocycles. The zero-order chi connectivity index (χ0) is 11.6. The minimum Gasteiger partial charge on any atom is -0.383 e. The Labute approximate surface area is 107 Å². The van der Waals surface area contributed by atoms with Crippen LogP contribution in [0, 0.1) is 0 Å². The second kappa shape index (κ2) is 8.99. The van der Waals surface area contributed by atoms with Crippen molar-refractivity contribution in [3.05, 3.63) is 21.3 Å². The number of halogens is 1. The van der Waals surface area contributed by atoms with Gasteiger partial charge in [0.05, 0.1) is 11.6 Å².